The first-order chi connectivity index (χ1) is 31.7. The van der Waals surface area contributed by atoms with Crippen molar-refractivity contribution >= 4 is 29.9 Å². The van der Waals surface area contributed by atoms with Crippen molar-refractivity contribution < 1.29 is 24.0 Å². The molecule has 0 saturated carbocycles. The highest BCUT2D eigenvalue weighted by Crippen LogP contribution is 2.40. The van der Waals surface area contributed by atoms with E-state index < -0.39 is 6.03 Å². The number of hydrogen-bond donors (Lipinski definition) is 8. The molecule has 14 heteroatoms. The number of carbonyl (C=O) groups is 3. The number of carbonyl (C=O) groups excluding carboxylic acids is 3. The van der Waals surface area contributed by atoms with E-state index >= 15 is 0 Å². The third kappa shape index (κ3) is 14.9. The van der Waals surface area contributed by atoms with Crippen LogP contribution in [0.1, 0.15) is 76.6 Å². The van der Waals surface area contributed by atoms with E-state index in [1.165, 1.54) is 22.3 Å². The van der Waals surface area contributed by atoms with Crippen molar-refractivity contribution in [2.45, 2.75) is 70.5 Å². The summed E-state index contributed by atoms with van der Waals surface area (Å²) < 4.78 is 3.00. The Bertz CT molecular complexity index is 2360. The normalized spacial score (nSPS) is 12.4. The van der Waals surface area contributed by atoms with E-state index in [1.807, 2.05) is 31.3 Å². The molecule has 5 aromatic rings. The van der Waals surface area contributed by atoms with Crippen LogP contribution in [0.15, 0.2) is 91.0 Å². The number of benzene rings is 4. The number of urea groups is 1. The molecule has 4 amide bonds. The third-order valence-electron chi connectivity index (χ3n) is 12.6. The zero-order valence-corrected chi connectivity index (χ0v) is 40.1. The van der Waals surface area contributed by atoms with Crippen LogP contribution >= 0.6 is 11.6 Å². The van der Waals surface area contributed by atoms with Crippen molar-refractivity contribution in [1.82, 2.24) is 31.2 Å². The largest absolute Gasteiger partial charge is 0.508 e. The molecule has 0 spiro atoms. The number of rotatable bonds is 27. The molecule has 10 N–H and O–H groups in total. The van der Waals surface area contributed by atoms with E-state index in [9.17, 15) is 19.5 Å². The number of halogens is 1. The molecule has 0 bridgehead atoms. The minimum atomic E-state index is -0.546. The van der Waals surface area contributed by atoms with Crippen LogP contribution in [0.4, 0.5) is 4.79 Å². The molecule has 1 aromatic heterocycles. The number of aromatic hydroxyl groups is 1. The van der Waals surface area contributed by atoms with Crippen molar-refractivity contribution in [3.63, 3.8) is 0 Å². The van der Waals surface area contributed by atoms with Gasteiger partial charge in [0.05, 0.1) is 27.2 Å². The molecular weight excluding hydrogens is 850 g/mol. The van der Waals surface area contributed by atoms with Gasteiger partial charge in [-0.25, -0.2) is 4.79 Å². The van der Waals surface area contributed by atoms with Gasteiger partial charge in [-0.1, -0.05) is 72.3 Å². The molecule has 0 saturated heterocycles. The van der Waals surface area contributed by atoms with E-state index in [-0.39, 0.29) is 30.0 Å². The number of hydrogen-bond acceptors (Lipinski definition) is 7. The number of primary amides is 1. The van der Waals surface area contributed by atoms with Crippen molar-refractivity contribution in [2.24, 2.45) is 18.5 Å². The van der Waals surface area contributed by atoms with Gasteiger partial charge in [0.1, 0.15) is 12.3 Å². The Morgan fingerprint density at radius 3 is 2.30 bits per heavy atom. The summed E-state index contributed by atoms with van der Waals surface area (Å²) in [7, 11) is 8.64. The van der Waals surface area contributed by atoms with E-state index in [0.29, 0.717) is 50.7 Å². The number of phenolic OH excluding ortho intramolecular Hbond substituents is 1. The van der Waals surface area contributed by atoms with E-state index in [1.54, 1.807) is 12.1 Å². The predicted molar refractivity (Wildman–Crippen MR) is 267 cm³/mol. The van der Waals surface area contributed by atoms with Crippen LogP contribution in [-0.2, 0) is 42.7 Å². The number of phenols is 1. The van der Waals surface area contributed by atoms with Crippen LogP contribution in [0.5, 0.6) is 5.75 Å². The van der Waals surface area contributed by atoms with Crippen molar-refractivity contribution in [3.8, 4) is 28.1 Å². The van der Waals surface area contributed by atoms with Crippen LogP contribution in [-0.4, -0.2) is 92.9 Å². The first kappa shape index (κ1) is 51.3. The number of quaternary nitrogens is 1. The summed E-state index contributed by atoms with van der Waals surface area (Å²) >= 11 is 6.81. The highest BCUT2D eigenvalue weighted by atomic mass is 35.5. The van der Waals surface area contributed by atoms with Gasteiger partial charge in [0.15, 0.2) is 0 Å². The molecule has 66 heavy (non-hydrogen) atoms. The fraction of sp³-hybridized carbons (Fsp3) is 0.404. The third-order valence-corrected chi connectivity index (χ3v) is 12.8. The van der Waals surface area contributed by atoms with Gasteiger partial charge in [0.2, 0.25) is 12.3 Å². The van der Waals surface area contributed by atoms with Gasteiger partial charge >= 0.3 is 6.03 Å². The van der Waals surface area contributed by atoms with Crippen molar-refractivity contribution in [1.29, 1.82) is 0 Å². The average Bonchev–Trinajstić information content (AvgIpc) is 3.58. The number of nitrogens with zero attached hydrogens (tertiary/aromatic N) is 2. The standard InChI is InChI=1S/C52H70ClN9O4/c1-36-48(37-16-19-46(64)20-17-37)29-50(61(36)3)49-28-45(53)18-21-47(49)40(26-38-10-6-7-11-41(38)31-58-35-63)13-9-25-62(4,5)34-43-15-14-39(27-44(43)30-56-2)42(12-8-23-59-52(55)66)32-60-51(65)33-57-24-22-54/h6-7,10-11,14-21,27-29,35,40,42,56-57H,8-9,12-13,22-26,30-34,54H2,1-5H3,(H5-,55,58,59,60,63,64,65,66)/p+1. The van der Waals surface area contributed by atoms with Crippen LogP contribution in [0.2, 0.25) is 5.02 Å². The van der Waals surface area contributed by atoms with Gasteiger partial charge < -0.3 is 52.2 Å². The maximum absolute atomic E-state index is 12.7. The summed E-state index contributed by atoms with van der Waals surface area (Å²) in [6.45, 7) is 7.19. The Morgan fingerprint density at radius 2 is 1.59 bits per heavy atom. The first-order valence-corrected chi connectivity index (χ1v) is 23.4. The molecule has 0 fully saturated rings. The Hall–Kier alpha value is -5.70. The lowest BCUT2D eigenvalue weighted by Gasteiger charge is -2.32. The molecule has 4 aromatic carbocycles. The second-order valence-electron chi connectivity index (χ2n) is 18.0. The highest BCUT2D eigenvalue weighted by Gasteiger charge is 2.25. The van der Waals surface area contributed by atoms with E-state index in [2.05, 4.69) is 114 Å². The lowest BCUT2D eigenvalue weighted by Crippen LogP contribution is -2.40. The minimum absolute atomic E-state index is 0.0400. The molecule has 2 atom stereocenters. The van der Waals surface area contributed by atoms with Gasteiger partial charge in [0.25, 0.3) is 0 Å². The SMILES string of the molecule is CNCc1cc(C(CCCNC(N)=O)CNC(=O)CNCCN)ccc1C[N+](C)(C)CCCC(Cc1ccccc1CNC=O)c1ccc(Cl)cc1-c1cc(-c2ccc(O)cc2)c(C)n1C. The molecule has 0 aliphatic heterocycles. The average molecular weight is 922 g/mol. The lowest BCUT2D eigenvalue weighted by molar-refractivity contribution is -0.903. The Morgan fingerprint density at radius 1 is 0.848 bits per heavy atom. The Kier molecular flexibility index (Phi) is 19.6. The van der Waals surface area contributed by atoms with Gasteiger partial charge in [-0.3, -0.25) is 9.59 Å². The summed E-state index contributed by atoms with van der Waals surface area (Å²) in [4.78, 5) is 35.4. The van der Waals surface area contributed by atoms with Crippen LogP contribution in [0.25, 0.3) is 22.4 Å². The second-order valence-corrected chi connectivity index (χ2v) is 18.4. The molecule has 0 aliphatic carbocycles. The highest BCUT2D eigenvalue weighted by molar-refractivity contribution is 6.30. The summed E-state index contributed by atoms with van der Waals surface area (Å²) in [5.74, 6) is 0.318. The summed E-state index contributed by atoms with van der Waals surface area (Å²) in [5, 5.41) is 25.8. The maximum Gasteiger partial charge on any atom is 0.312 e. The number of amides is 4. The Balaban J connectivity index is 1.41. The molecule has 0 aliphatic rings. The predicted octanol–water partition coefficient (Wildman–Crippen LogP) is 6.57. The minimum Gasteiger partial charge on any atom is -0.508 e. The van der Waals surface area contributed by atoms with Gasteiger partial charge in [-0.05, 0) is 116 Å². The van der Waals surface area contributed by atoms with Gasteiger partial charge in [-0.15, -0.1) is 0 Å². The lowest BCUT2D eigenvalue weighted by atomic mass is 9.83. The fourth-order valence-corrected chi connectivity index (χ4v) is 9.15. The molecule has 0 radical (unpaired) electrons. The quantitative estimate of drug-likeness (QED) is 0.0166. The second kappa shape index (κ2) is 25.3. The zero-order valence-electron chi connectivity index (χ0n) is 39.4. The number of nitrogens with two attached hydrogens (primary N) is 2. The molecule has 354 valence electrons. The smallest absolute Gasteiger partial charge is 0.312 e. The van der Waals surface area contributed by atoms with Crippen LogP contribution in [0.3, 0.4) is 0 Å². The molecule has 5 rings (SSSR count). The van der Waals surface area contributed by atoms with E-state index in [0.717, 1.165) is 88.9 Å². The summed E-state index contributed by atoms with van der Waals surface area (Å²) in [6.07, 6.45) is 4.88. The molecule has 13 nitrogen and oxygen atoms in total. The van der Waals surface area contributed by atoms with Crippen LogP contribution < -0.4 is 38.1 Å². The summed E-state index contributed by atoms with van der Waals surface area (Å²) in [6, 6.07) is 30.3. The van der Waals surface area contributed by atoms with Crippen LogP contribution in [0, 0.1) is 6.92 Å². The number of nitrogens with one attached hydrogen (secondary N) is 5. The Labute approximate surface area is 396 Å². The first-order valence-electron chi connectivity index (χ1n) is 23.0. The maximum atomic E-state index is 12.7. The van der Waals surface area contributed by atoms with Crippen molar-refractivity contribution in [2.75, 3.05) is 60.4 Å². The monoisotopic (exact) mass is 921 g/mol. The fourth-order valence-electron chi connectivity index (χ4n) is 8.98. The topological polar surface area (TPSA) is 189 Å². The molecule has 2 unspecified atom stereocenters. The molecular formula is C52H71ClN9O4+. The zero-order chi connectivity index (χ0) is 47.6. The van der Waals surface area contributed by atoms with Gasteiger partial charge in [0, 0.05) is 85.3 Å². The van der Waals surface area contributed by atoms with Crippen molar-refractivity contribution in [3.05, 3.63) is 135 Å². The van der Waals surface area contributed by atoms with E-state index in [4.69, 9.17) is 23.1 Å². The molecule has 1 heterocycles. The number of aromatic nitrogens is 1. The van der Waals surface area contributed by atoms with Gasteiger partial charge in [-0.2, -0.15) is 0 Å². The summed E-state index contributed by atoms with van der Waals surface area (Å²) in [5.41, 5.74) is 23.4.